The lowest BCUT2D eigenvalue weighted by Gasteiger charge is -2.28. The highest BCUT2D eigenvalue weighted by Gasteiger charge is 2.30. The zero-order valence-electron chi connectivity index (χ0n) is 60.0. The normalized spacial score (nSPS) is 16.1. The van der Waals surface area contributed by atoms with Crippen molar-refractivity contribution in [1.82, 2.24) is 0 Å². The summed E-state index contributed by atoms with van der Waals surface area (Å²) < 4.78 is 91.4. The van der Waals surface area contributed by atoms with E-state index >= 15 is 17.6 Å². The van der Waals surface area contributed by atoms with E-state index in [2.05, 4.69) is 76.2 Å². The summed E-state index contributed by atoms with van der Waals surface area (Å²) in [5, 5.41) is 2.43. The molecule has 10 heteroatoms. The van der Waals surface area contributed by atoms with Crippen LogP contribution in [0.4, 0.5) is 17.6 Å². The number of fused-ring (bicyclic) bond motifs is 2. The Morgan fingerprint density at radius 3 is 1.01 bits per heavy atom. The van der Waals surface area contributed by atoms with E-state index in [0.29, 0.717) is 69.2 Å². The molecule has 2 aliphatic carbocycles. The van der Waals surface area contributed by atoms with Gasteiger partial charge in [-0.1, -0.05) is 227 Å². The summed E-state index contributed by atoms with van der Waals surface area (Å²) in [4.78, 5) is 29.6. The maximum absolute atomic E-state index is 16.7. The standard InChI is InChI=1S/C92H98F4O6/c1-5-9-11-13-15-17-53-99-77-45-37-69(38-46-77)75-57-81(93)89(82(94)58-75)91(97)101-85-51-43-73-55-71(67-33-29-65(30-34-67)63-25-21-61(19-7-3)22-26-63)41-49-79(73)87(85)88-80-50-42-72(68-35-31-66(32-36-68)64-27-23-62(20-8-4)24-28-64)56-74(80)44-52-86(88)102-92(98)90-83(95)59-76(60-84(90)96)70-39-47-78(48-40-70)100-54-18-16-14-12-10-6-2/h29-52,55-64H,5-28,53-54H2,1-4H3/t61-,62-,63-,64-. The fraction of sp³-hybridized carbons (Fsp3) is 0.370. The Bertz CT molecular complexity index is 4120. The van der Waals surface area contributed by atoms with Crippen LogP contribution in [0.25, 0.3) is 77.2 Å². The predicted molar refractivity (Wildman–Crippen MR) is 408 cm³/mol. The lowest BCUT2D eigenvalue weighted by molar-refractivity contribution is 0.0712. The third-order valence-corrected chi connectivity index (χ3v) is 21.5. The van der Waals surface area contributed by atoms with Crippen molar-refractivity contribution in [3.63, 3.8) is 0 Å². The Hall–Kier alpha value is -9.02. The Morgan fingerprint density at radius 2 is 0.657 bits per heavy atom. The van der Waals surface area contributed by atoms with Crippen molar-refractivity contribution in [1.29, 1.82) is 0 Å². The van der Waals surface area contributed by atoms with Gasteiger partial charge in [-0.05, 0) is 238 Å². The predicted octanol–water partition coefficient (Wildman–Crippen LogP) is 26.9. The first-order valence-electron chi connectivity index (χ1n) is 38.1. The Morgan fingerprint density at radius 1 is 0.333 bits per heavy atom. The van der Waals surface area contributed by atoms with E-state index in [4.69, 9.17) is 18.9 Å². The van der Waals surface area contributed by atoms with Gasteiger partial charge in [0.2, 0.25) is 0 Å². The Labute approximate surface area is 601 Å². The lowest BCUT2D eigenvalue weighted by Crippen LogP contribution is -2.15. The second-order valence-electron chi connectivity index (χ2n) is 28.7. The maximum atomic E-state index is 16.7. The second kappa shape index (κ2) is 35.2. The van der Waals surface area contributed by atoms with E-state index in [1.54, 1.807) is 72.8 Å². The number of carbonyl (C=O) groups excluding carboxylic acids is 2. The van der Waals surface area contributed by atoms with Gasteiger partial charge in [-0.15, -0.1) is 0 Å². The van der Waals surface area contributed by atoms with Gasteiger partial charge in [0.15, 0.2) is 0 Å². The van der Waals surface area contributed by atoms with Gasteiger partial charge in [-0.2, -0.15) is 0 Å². The van der Waals surface area contributed by atoms with Gasteiger partial charge < -0.3 is 18.9 Å². The molecule has 0 spiro atoms. The van der Waals surface area contributed by atoms with Crippen LogP contribution in [0.2, 0.25) is 0 Å². The summed E-state index contributed by atoms with van der Waals surface area (Å²) in [5.74, 6) is -3.55. The summed E-state index contributed by atoms with van der Waals surface area (Å²) >= 11 is 0. The number of halogens is 4. The molecule has 0 aromatic heterocycles. The quantitative estimate of drug-likeness (QED) is 0.0187. The van der Waals surface area contributed by atoms with Crippen LogP contribution < -0.4 is 18.9 Å². The number of benzene rings is 10. The van der Waals surface area contributed by atoms with Gasteiger partial charge in [0.1, 0.15) is 57.4 Å². The highest BCUT2D eigenvalue weighted by Crippen LogP contribution is 2.49. The minimum Gasteiger partial charge on any atom is -0.494 e. The first kappa shape index (κ1) is 72.8. The van der Waals surface area contributed by atoms with E-state index in [-0.39, 0.29) is 33.8 Å². The first-order chi connectivity index (χ1) is 49.9. The molecule has 2 aliphatic rings. The van der Waals surface area contributed by atoms with E-state index < -0.39 is 46.3 Å². The van der Waals surface area contributed by atoms with E-state index in [1.165, 1.54) is 127 Å². The third kappa shape index (κ3) is 17.9. The van der Waals surface area contributed by atoms with Crippen molar-refractivity contribution in [2.24, 2.45) is 11.8 Å². The minimum absolute atomic E-state index is 0.119. The molecular weight excluding hydrogens is 1280 g/mol. The summed E-state index contributed by atoms with van der Waals surface area (Å²) in [6, 6.07) is 54.4. The average Bonchev–Trinajstić information content (AvgIpc) is 0.741. The summed E-state index contributed by atoms with van der Waals surface area (Å²) in [6.45, 7) is 10.0. The van der Waals surface area contributed by atoms with Crippen LogP contribution >= 0.6 is 0 Å². The van der Waals surface area contributed by atoms with Crippen molar-refractivity contribution in [2.45, 2.75) is 194 Å². The Balaban J connectivity index is 0.910. The molecule has 0 amide bonds. The monoisotopic (exact) mass is 1370 g/mol. The minimum atomic E-state index is -1.32. The van der Waals surface area contributed by atoms with Gasteiger partial charge in [0.25, 0.3) is 0 Å². The number of unbranched alkanes of at least 4 members (excludes halogenated alkanes) is 10. The number of ether oxygens (including phenoxy) is 4. The number of rotatable bonds is 31. The van der Waals surface area contributed by atoms with Gasteiger partial charge >= 0.3 is 11.9 Å². The van der Waals surface area contributed by atoms with Crippen LogP contribution in [0.1, 0.15) is 225 Å². The molecule has 0 atom stereocenters. The molecule has 0 aliphatic heterocycles. The van der Waals surface area contributed by atoms with Crippen molar-refractivity contribution in [3.8, 4) is 78.6 Å². The van der Waals surface area contributed by atoms with E-state index in [1.807, 2.05) is 36.4 Å². The second-order valence-corrected chi connectivity index (χ2v) is 28.7. The smallest absolute Gasteiger partial charge is 0.349 e. The number of hydrogen-bond acceptors (Lipinski definition) is 6. The molecule has 0 saturated heterocycles. The molecule has 0 unspecified atom stereocenters. The topological polar surface area (TPSA) is 71.1 Å². The van der Waals surface area contributed by atoms with Gasteiger partial charge in [-0.25, -0.2) is 27.2 Å². The fourth-order valence-electron chi connectivity index (χ4n) is 15.7. The van der Waals surface area contributed by atoms with Crippen molar-refractivity contribution in [3.05, 3.63) is 228 Å². The van der Waals surface area contributed by atoms with Gasteiger partial charge in [0, 0.05) is 11.1 Å². The third-order valence-electron chi connectivity index (χ3n) is 21.5. The van der Waals surface area contributed by atoms with Crippen molar-refractivity contribution >= 4 is 33.5 Å². The number of esters is 2. The number of carbonyl (C=O) groups is 2. The van der Waals surface area contributed by atoms with E-state index in [0.717, 1.165) is 96.9 Å². The SMILES string of the molecule is CCCCCCCCOc1ccc(-c2cc(F)c(C(=O)Oc3ccc4cc(-c5ccc([C@H]6CC[C@H](CCC)CC6)cc5)ccc4c3-c3c(OC(=O)c4c(F)cc(-c5ccc(OCCCCCCCC)cc5)cc4F)ccc4cc(-c5ccc([C@H]6CC[C@H](CCC)CC6)cc5)ccc34)c(F)c2)cc1. The molecule has 0 radical (unpaired) electrons. The van der Waals surface area contributed by atoms with Crippen LogP contribution in [-0.2, 0) is 0 Å². The fourth-order valence-corrected chi connectivity index (χ4v) is 15.7. The van der Waals surface area contributed by atoms with Crippen LogP contribution in [0.3, 0.4) is 0 Å². The molecule has 102 heavy (non-hydrogen) atoms. The lowest BCUT2D eigenvalue weighted by atomic mass is 9.77. The first-order valence-corrected chi connectivity index (χ1v) is 38.1. The molecule has 2 fully saturated rings. The summed E-state index contributed by atoms with van der Waals surface area (Å²) in [6.07, 6.45) is 28.2. The molecular formula is C92H98F4O6. The van der Waals surface area contributed by atoms with Crippen molar-refractivity contribution < 1.29 is 46.1 Å². The molecule has 0 bridgehead atoms. The largest absolute Gasteiger partial charge is 0.494 e. The maximum Gasteiger partial charge on any atom is 0.349 e. The zero-order chi connectivity index (χ0) is 70.9. The molecule has 10 aromatic carbocycles. The van der Waals surface area contributed by atoms with Gasteiger partial charge in [0.05, 0.1) is 13.2 Å². The van der Waals surface area contributed by atoms with Crippen LogP contribution in [0.15, 0.2) is 182 Å². The van der Waals surface area contributed by atoms with Gasteiger partial charge in [-0.3, -0.25) is 0 Å². The average molecular weight is 1380 g/mol. The molecule has 530 valence electrons. The molecule has 10 aromatic rings. The number of hydrogen-bond donors (Lipinski definition) is 0. The van der Waals surface area contributed by atoms with E-state index in [9.17, 15) is 9.59 Å². The van der Waals surface area contributed by atoms with Crippen LogP contribution in [-0.4, -0.2) is 25.2 Å². The highest BCUT2D eigenvalue weighted by atomic mass is 19.1. The summed E-state index contributed by atoms with van der Waals surface area (Å²) in [5.41, 5.74) is 6.50. The van der Waals surface area contributed by atoms with Crippen LogP contribution in [0, 0.1) is 35.1 Å². The van der Waals surface area contributed by atoms with Crippen LogP contribution in [0.5, 0.6) is 23.0 Å². The summed E-state index contributed by atoms with van der Waals surface area (Å²) in [7, 11) is 0. The Kier molecular flexibility index (Phi) is 25.1. The molecule has 0 N–H and O–H groups in total. The molecule has 2 saturated carbocycles. The molecule has 12 rings (SSSR count). The highest BCUT2D eigenvalue weighted by molar-refractivity contribution is 6.12. The molecule has 6 nitrogen and oxygen atoms in total. The molecule has 0 heterocycles. The zero-order valence-corrected chi connectivity index (χ0v) is 60.0. The van der Waals surface area contributed by atoms with Crippen molar-refractivity contribution in [2.75, 3.05) is 13.2 Å².